The number of hydrogen-bond donors (Lipinski definition) is 0. The van der Waals surface area contributed by atoms with Crippen LogP contribution in [0.15, 0.2) is 0 Å². The minimum atomic E-state index is -3.88. The lowest BCUT2D eigenvalue weighted by Gasteiger charge is -2.38. The van der Waals surface area contributed by atoms with Crippen molar-refractivity contribution in [2.45, 2.75) is 49.0 Å². The molecule has 0 aromatic rings. The van der Waals surface area contributed by atoms with Gasteiger partial charge in [-0.25, -0.2) is 0 Å². The van der Waals surface area contributed by atoms with Crippen LogP contribution in [-0.2, 0) is 0 Å². The van der Waals surface area contributed by atoms with E-state index in [1.54, 1.807) is 0 Å². The monoisotopic (exact) mass is 228 g/mol. The first-order valence-corrected chi connectivity index (χ1v) is 5.63. The molecule has 14 heavy (non-hydrogen) atoms. The average Bonchev–Trinajstić information content (AvgIpc) is 2.20. The first-order chi connectivity index (χ1) is 6.31. The van der Waals surface area contributed by atoms with Gasteiger partial charge in [-0.3, -0.25) is 0 Å². The number of alkyl halides is 4. The Morgan fingerprint density at radius 3 is 2.36 bits per heavy atom. The summed E-state index contributed by atoms with van der Waals surface area (Å²) in [4.78, 5) is 0. The van der Waals surface area contributed by atoms with Crippen LogP contribution in [0.1, 0.15) is 32.6 Å². The fraction of sp³-hybridized carbons (Fsp3) is 1.00. The van der Waals surface area contributed by atoms with E-state index in [4.69, 9.17) is 0 Å². The molecule has 5 heteroatoms. The van der Waals surface area contributed by atoms with Crippen molar-refractivity contribution in [1.29, 1.82) is 0 Å². The summed E-state index contributed by atoms with van der Waals surface area (Å²) in [7, 11) is 0. The molecule has 1 aliphatic heterocycles. The van der Waals surface area contributed by atoms with E-state index in [-0.39, 0.29) is 18.2 Å². The Bertz CT molecular complexity index is 253. The zero-order valence-electron chi connectivity index (χ0n) is 7.83. The van der Waals surface area contributed by atoms with Crippen LogP contribution in [0.5, 0.6) is 0 Å². The van der Waals surface area contributed by atoms with Crippen molar-refractivity contribution in [2.75, 3.05) is 0 Å². The number of halogens is 4. The lowest BCUT2D eigenvalue weighted by Crippen LogP contribution is -2.48. The lowest BCUT2D eigenvalue weighted by molar-refractivity contribution is -0.212. The van der Waals surface area contributed by atoms with Gasteiger partial charge >= 0.3 is 11.2 Å². The van der Waals surface area contributed by atoms with Crippen molar-refractivity contribution < 1.29 is 17.6 Å². The number of rotatable bonds is 0. The van der Waals surface area contributed by atoms with Gasteiger partial charge in [0.1, 0.15) is 0 Å². The van der Waals surface area contributed by atoms with Crippen LogP contribution < -0.4 is 0 Å². The number of fused-ring (bicyclic) bond motifs is 1. The summed E-state index contributed by atoms with van der Waals surface area (Å²) >= 11 is 0.174. The summed E-state index contributed by atoms with van der Waals surface area (Å²) < 4.78 is 53.1. The Kier molecular flexibility index (Phi) is 2.12. The Balaban J connectivity index is 2.39. The molecule has 2 aliphatic rings. The molecule has 1 aliphatic carbocycles. The van der Waals surface area contributed by atoms with E-state index in [0.717, 1.165) is 6.42 Å². The highest BCUT2D eigenvalue weighted by atomic mass is 32.2. The molecule has 2 fully saturated rings. The fourth-order valence-corrected chi connectivity index (χ4v) is 3.98. The maximum Gasteiger partial charge on any atom is 0.356 e. The van der Waals surface area contributed by atoms with Gasteiger partial charge in [0.25, 0.3) is 0 Å². The SMILES string of the molecule is C[C@]12CCCC[C@H]1SC(F)(F)C2(F)F. The van der Waals surface area contributed by atoms with Crippen molar-refractivity contribution in [1.82, 2.24) is 0 Å². The maximum atomic E-state index is 13.5. The van der Waals surface area contributed by atoms with Crippen LogP contribution in [0, 0.1) is 5.41 Å². The second-order valence-electron chi connectivity index (χ2n) is 4.36. The zero-order chi connectivity index (χ0) is 10.6. The highest BCUT2D eigenvalue weighted by Crippen LogP contribution is 2.68. The predicted octanol–water partition coefficient (Wildman–Crippen LogP) is 3.91. The van der Waals surface area contributed by atoms with Crippen LogP contribution >= 0.6 is 11.8 Å². The number of hydrogen-bond acceptors (Lipinski definition) is 1. The second kappa shape index (κ2) is 2.80. The number of thioether (sulfide) groups is 1. The summed E-state index contributed by atoms with van der Waals surface area (Å²) in [6.45, 7) is 1.31. The van der Waals surface area contributed by atoms with Crippen molar-refractivity contribution >= 4 is 11.8 Å². The van der Waals surface area contributed by atoms with Crippen molar-refractivity contribution in [2.24, 2.45) is 5.41 Å². The fourth-order valence-electron chi connectivity index (χ4n) is 2.43. The molecule has 0 spiro atoms. The van der Waals surface area contributed by atoms with E-state index in [9.17, 15) is 17.6 Å². The van der Waals surface area contributed by atoms with E-state index < -0.39 is 21.8 Å². The molecule has 1 saturated heterocycles. The largest absolute Gasteiger partial charge is 0.356 e. The van der Waals surface area contributed by atoms with Gasteiger partial charge < -0.3 is 0 Å². The van der Waals surface area contributed by atoms with Gasteiger partial charge in [-0.1, -0.05) is 31.5 Å². The molecule has 0 amide bonds. The zero-order valence-corrected chi connectivity index (χ0v) is 8.64. The van der Waals surface area contributed by atoms with Crippen molar-refractivity contribution in [3.05, 3.63) is 0 Å². The minimum Gasteiger partial charge on any atom is -0.198 e. The molecule has 0 nitrogen and oxygen atoms in total. The molecule has 0 radical (unpaired) electrons. The van der Waals surface area contributed by atoms with E-state index in [1.165, 1.54) is 6.92 Å². The van der Waals surface area contributed by atoms with Gasteiger partial charge in [0.2, 0.25) is 0 Å². The van der Waals surface area contributed by atoms with Gasteiger partial charge in [0.15, 0.2) is 0 Å². The van der Waals surface area contributed by atoms with Gasteiger partial charge in [0.05, 0.1) is 5.41 Å². The van der Waals surface area contributed by atoms with Crippen LogP contribution in [0.2, 0.25) is 0 Å². The Labute approximate surface area is 84.4 Å². The van der Waals surface area contributed by atoms with Crippen LogP contribution in [0.3, 0.4) is 0 Å². The average molecular weight is 228 g/mol. The van der Waals surface area contributed by atoms with E-state index >= 15 is 0 Å². The molecular formula is C9H12F4S. The molecule has 0 bridgehead atoms. The summed E-state index contributed by atoms with van der Waals surface area (Å²) in [6.07, 6.45) is 2.14. The van der Waals surface area contributed by atoms with Crippen LogP contribution in [0.4, 0.5) is 17.6 Å². The van der Waals surface area contributed by atoms with Gasteiger partial charge in [-0.15, -0.1) is 0 Å². The molecule has 2 atom stereocenters. The summed E-state index contributed by atoms with van der Waals surface area (Å²) in [5, 5.41) is -4.46. The molecule has 1 heterocycles. The molecule has 1 saturated carbocycles. The highest BCUT2D eigenvalue weighted by molar-refractivity contribution is 8.01. The molecule has 0 aromatic carbocycles. The Morgan fingerprint density at radius 1 is 1.14 bits per heavy atom. The maximum absolute atomic E-state index is 13.5. The first kappa shape index (κ1) is 10.6. The van der Waals surface area contributed by atoms with Gasteiger partial charge in [-0.05, 0) is 12.8 Å². The van der Waals surface area contributed by atoms with Gasteiger partial charge in [-0.2, -0.15) is 17.6 Å². The normalized spacial score (nSPS) is 44.8. The summed E-state index contributed by atoms with van der Waals surface area (Å²) in [5.74, 6) is -3.85. The van der Waals surface area contributed by atoms with Crippen LogP contribution in [-0.4, -0.2) is 16.4 Å². The molecule has 2 rings (SSSR count). The third-order valence-corrected chi connectivity index (χ3v) is 5.09. The Hall–Kier alpha value is 0.0700. The first-order valence-electron chi connectivity index (χ1n) is 4.75. The smallest absolute Gasteiger partial charge is 0.198 e. The van der Waals surface area contributed by atoms with Crippen LogP contribution in [0.25, 0.3) is 0 Å². The summed E-state index contributed by atoms with van der Waals surface area (Å²) in [5.41, 5.74) is -1.50. The van der Waals surface area contributed by atoms with Crippen molar-refractivity contribution in [3.8, 4) is 0 Å². The standard InChI is InChI=1S/C9H12F4S/c1-7-5-3-2-4-6(7)14-9(12,13)8(7,10)11/h6H,2-5H2,1H3/t6-,7+/m1/s1. The molecule has 82 valence electrons. The topological polar surface area (TPSA) is 0 Å². The highest BCUT2D eigenvalue weighted by Gasteiger charge is 2.75. The molecular weight excluding hydrogens is 216 g/mol. The summed E-state index contributed by atoms with van der Waals surface area (Å²) in [6, 6.07) is 0. The molecule has 0 unspecified atom stereocenters. The molecule has 0 aromatic heterocycles. The molecule has 0 N–H and O–H groups in total. The Morgan fingerprint density at radius 2 is 1.79 bits per heavy atom. The third-order valence-electron chi connectivity index (χ3n) is 3.50. The van der Waals surface area contributed by atoms with E-state index in [1.807, 2.05) is 0 Å². The third kappa shape index (κ3) is 1.08. The lowest BCUT2D eigenvalue weighted by atomic mass is 9.71. The van der Waals surface area contributed by atoms with E-state index in [0.29, 0.717) is 12.8 Å². The minimum absolute atomic E-state index is 0.174. The van der Waals surface area contributed by atoms with Gasteiger partial charge in [0, 0.05) is 5.25 Å². The van der Waals surface area contributed by atoms with Crippen molar-refractivity contribution in [3.63, 3.8) is 0 Å². The van der Waals surface area contributed by atoms with E-state index in [2.05, 4.69) is 0 Å². The second-order valence-corrected chi connectivity index (χ2v) is 5.68. The quantitative estimate of drug-likeness (QED) is 0.566. The predicted molar refractivity (Wildman–Crippen MR) is 47.8 cm³/mol.